The monoisotopic (exact) mass is 115 g/mol. The summed E-state index contributed by atoms with van der Waals surface area (Å²) in [7, 11) is -0.102. The molecule has 0 nitrogen and oxygen atoms in total. The summed E-state index contributed by atoms with van der Waals surface area (Å²) in [6.07, 6.45) is 3.90. The molecule has 0 N–H and O–H groups in total. The Labute approximate surface area is 48.1 Å². The van der Waals surface area contributed by atoms with Crippen LogP contribution in [-0.4, -0.2) is 24.3 Å². The maximum Gasteiger partial charge on any atom is 0.166 e. The smallest absolute Gasteiger partial charge is 0.166 e. The van der Waals surface area contributed by atoms with E-state index in [1.165, 1.54) is 17.9 Å². The van der Waals surface area contributed by atoms with Gasteiger partial charge in [-0.1, -0.05) is 6.82 Å². The first-order valence-corrected chi connectivity index (χ1v) is 5.24. The van der Waals surface area contributed by atoms with Crippen LogP contribution in [0.25, 0.3) is 0 Å². The predicted octanol–water partition coefficient (Wildman–Crippen LogP) is 1.49. The zero-order valence-electron chi connectivity index (χ0n) is 5.11. The van der Waals surface area contributed by atoms with Gasteiger partial charge in [0.05, 0.1) is 0 Å². The highest BCUT2D eigenvalue weighted by Gasteiger charge is 2.23. The predicted molar refractivity (Wildman–Crippen MR) is 39.5 cm³/mol. The third-order valence-electron chi connectivity index (χ3n) is 1.79. The van der Waals surface area contributed by atoms with Crippen LogP contribution in [-0.2, 0) is 0 Å². The maximum atomic E-state index is 2.41. The Morgan fingerprint density at radius 2 is 2.00 bits per heavy atom. The molecule has 7 heavy (non-hydrogen) atoms. The summed E-state index contributed by atoms with van der Waals surface area (Å²) in [6.45, 7) is 4.62. The molecule has 0 aromatic heterocycles. The van der Waals surface area contributed by atoms with Crippen molar-refractivity contribution in [1.82, 2.24) is 0 Å². The summed E-state index contributed by atoms with van der Waals surface area (Å²) in [5.41, 5.74) is 0. The number of hydrogen-bond donors (Lipinski definition) is 0. The van der Waals surface area contributed by atoms with Crippen LogP contribution in [0.1, 0.15) is 6.42 Å². The summed E-state index contributed by atoms with van der Waals surface area (Å²) >= 11 is 0. The lowest BCUT2D eigenvalue weighted by Gasteiger charge is -2.43. The molecule has 1 saturated heterocycles. The van der Waals surface area contributed by atoms with Crippen LogP contribution in [0, 0.1) is 0 Å². The molecule has 0 bridgehead atoms. The molecule has 0 aliphatic carbocycles. The Morgan fingerprint density at radius 1 is 1.43 bits per heavy atom. The largest absolute Gasteiger partial charge is 0.278 e. The van der Waals surface area contributed by atoms with Gasteiger partial charge in [0.25, 0.3) is 0 Å². The molecule has 0 spiro atoms. The van der Waals surface area contributed by atoms with Gasteiger partial charge < -0.3 is 0 Å². The Hall–Kier alpha value is 0.415. The van der Waals surface area contributed by atoms with E-state index in [9.17, 15) is 0 Å². The van der Waals surface area contributed by atoms with Gasteiger partial charge in [-0.15, -0.1) is 0 Å². The lowest BCUT2D eigenvalue weighted by Crippen LogP contribution is -2.23. The van der Waals surface area contributed by atoms with Crippen molar-refractivity contribution in [3.63, 3.8) is 0 Å². The van der Waals surface area contributed by atoms with Crippen molar-refractivity contribution >= 4 is 16.4 Å². The van der Waals surface area contributed by atoms with Crippen LogP contribution in [0.4, 0.5) is 0 Å². The summed E-state index contributed by atoms with van der Waals surface area (Å²) in [5, 5.41) is 0. The first-order chi connectivity index (χ1) is 3.27. The zero-order valence-corrected chi connectivity index (χ0v) is 5.92. The number of hydrogen-bond acceptors (Lipinski definition) is 0. The van der Waals surface area contributed by atoms with Crippen LogP contribution in [0.5, 0.6) is 0 Å². The second-order valence-electron chi connectivity index (χ2n) is 2.35. The van der Waals surface area contributed by atoms with Crippen LogP contribution in [0.3, 0.4) is 0 Å². The van der Waals surface area contributed by atoms with Crippen molar-refractivity contribution in [1.29, 1.82) is 0 Å². The second kappa shape index (κ2) is 1.73. The Morgan fingerprint density at radius 3 is 2.00 bits per heavy atom. The maximum absolute atomic E-state index is 2.41. The van der Waals surface area contributed by atoms with Gasteiger partial charge in [0, 0.05) is 0 Å². The van der Waals surface area contributed by atoms with Crippen molar-refractivity contribution in [3.05, 3.63) is 0 Å². The minimum absolute atomic E-state index is 0.102. The van der Waals surface area contributed by atoms with E-state index in [2.05, 4.69) is 19.6 Å². The molecule has 0 aromatic carbocycles. The first kappa shape index (κ1) is 5.55. The molecule has 41 valence electrons. The van der Waals surface area contributed by atoms with Crippen LogP contribution >= 0.6 is 9.88 Å². The van der Waals surface area contributed by atoms with Gasteiger partial charge in [-0.3, -0.25) is 9.88 Å². The normalized spacial score (nSPS) is 30.6. The lowest BCUT2D eigenvalue weighted by atomic mass is 10.2. The molecule has 0 saturated carbocycles. The molecule has 2 heteroatoms. The van der Waals surface area contributed by atoms with Crippen molar-refractivity contribution in [2.45, 2.75) is 13.2 Å². The molecule has 1 radical (unpaired) electrons. The van der Waals surface area contributed by atoms with E-state index in [1.807, 2.05) is 0 Å². The summed E-state index contributed by atoms with van der Waals surface area (Å²) in [6, 6.07) is 0. The van der Waals surface area contributed by atoms with Gasteiger partial charge in [0.15, 0.2) is 6.56 Å². The molecule has 1 rings (SSSR count). The highest BCUT2D eigenvalue weighted by molar-refractivity contribution is 8.52. The average molecular weight is 115 g/mol. The van der Waals surface area contributed by atoms with E-state index in [1.54, 1.807) is 0 Å². The zero-order chi connectivity index (χ0) is 5.33. The fourth-order valence-corrected chi connectivity index (χ4v) is 2.51. The first-order valence-electron chi connectivity index (χ1n) is 2.80. The van der Waals surface area contributed by atoms with Gasteiger partial charge in [0.1, 0.15) is 0 Å². The van der Waals surface area contributed by atoms with E-state index < -0.39 is 0 Å². The highest BCUT2D eigenvalue weighted by Crippen LogP contribution is 2.51. The van der Waals surface area contributed by atoms with Crippen molar-refractivity contribution in [2.75, 3.05) is 17.8 Å². The number of rotatable bonds is 1. The minimum atomic E-state index is -0.102. The van der Waals surface area contributed by atoms with Gasteiger partial charge >= 0.3 is 0 Å². The average Bonchev–Trinajstić information content (AvgIpc) is 1.61. The Kier molecular flexibility index (Phi) is 1.37. The molecule has 1 aliphatic heterocycles. The second-order valence-corrected chi connectivity index (χ2v) is 6.34. The molecular formula is C5H12BS. The SMILES string of the molecule is C[B]S1(C)CCC1. The van der Waals surface area contributed by atoms with Crippen molar-refractivity contribution in [3.8, 4) is 0 Å². The van der Waals surface area contributed by atoms with Crippen LogP contribution in [0.15, 0.2) is 0 Å². The summed E-state index contributed by atoms with van der Waals surface area (Å²) in [5.74, 6) is 3.01. The topological polar surface area (TPSA) is 0 Å². The Balaban J connectivity index is 2.29. The van der Waals surface area contributed by atoms with E-state index >= 15 is 0 Å². The third kappa shape index (κ3) is 0.960. The Bertz CT molecular complexity index is 63.0. The van der Waals surface area contributed by atoms with E-state index in [4.69, 9.17) is 0 Å². The van der Waals surface area contributed by atoms with Crippen LogP contribution < -0.4 is 0 Å². The molecule has 0 unspecified atom stereocenters. The van der Waals surface area contributed by atoms with Gasteiger partial charge in [-0.2, -0.15) is 0 Å². The molecule has 1 fully saturated rings. The summed E-state index contributed by atoms with van der Waals surface area (Å²) < 4.78 is 0. The standard InChI is InChI=1S/C5H12BS/c1-6-7(2)4-3-5-7/h3-5H2,1-2H3. The molecular weight excluding hydrogens is 103 g/mol. The van der Waals surface area contributed by atoms with Crippen molar-refractivity contribution in [2.24, 2.45) is 0 Å². The molecule has 0 atom stereocenters. The quantitative estimate of drug-likeness (QED) is 0.454. The molecule has 1 aliphatic rings. The van der Waals surface area contributed by atoms with E-state index in [0.717, 1.165) is 0 Å². The van der Waals surface area contributed by atoms with Crippen LogP contribution in [0.2, 0.25) is 6.82 Å². The lowest BCUT2D eigenvalue weighted by molar-refractivity contribution is 1.04. The van der Waals surface area contributed by atoms with Crippen molar-refractivity contribution < 1.29 is 0 Å². The fourth-order valence-electron chi connectivity index (χ4n) is 0.835. The molecule has 0 aromatic rings. The molecule has 1 heterocycles. The summed E-state index contributed by atoms with van der Waals surface area (Å²) in [4.78, 5) is 0. The minimum Gasteiger partial charge on any atom is -0.278 e. The third-order valence-corrected chi connectivity index (χ3v) is 5.37. The van der Waals surface area contributed by atoms with E-state index in [-0.39, 0.29) is 9.88 Å². The van der Waals surface area contributed by atoms with E-state index in [0.29, 0.717) is 0 Å². The van der Waals surface area contributed by atoms with Gasteiger partial charge in [-0.05, 0) is 24.2 Å². The molecule has 0 amide bonds. The fraction of sp³-hybridized carbons (Fsp3) is 1.00. The van der Waals surface area contributed by atoms with Gasteiger partial charge in [-0.25, -0.2) is 0 Å². The van der Waals surface area contributed by atoms with Gasteiger partial charge in [0.2, 0.25) is 0 Å². The highest BCUT2D eigenvalue weighted by atomic mass is 32.3.